The van der Waals surface area contributed by atoms with Crippen LogP contribution in [0.15, 0.2) is 24.3 Å². The van der Waals surface area contributed by atoms with Crippen LogP contribution in [0, 0.1) is 11.8 Å². The largest absolute Gasteiger partial charge is 0.394 e. The summed E-state index contributed by atoms with van der Waals surface area (Å²) in [6, 6.07) is 6.13. The van der Waals surface area contributed by atoms with E-state index in [0.717, 1.165) is 25.2 Å². The number of nitrogens with one attached hydrogen (secondary N) is 2. The fourth-order valence-corrected chi connectivity index (χ4v) is 6.17. The number of hydrogen-bond donors (Lipinski definition) is 3. The van der Waals surface area contributed by atoms with E-state index in [4.69, 9.17) is 4.74 Å². The molecule has 3 aliphatic heterocycles. The van der Waals surface area contributed by atoms with Crippen LogP contribution in [0.4, 0.5) is 11.4 Å². The molecule has 3 aliphatic rings. The van der Waals surface area contributed by atoms with Crippen molar-refractivity contribution in [2.75, 3.05) is 36.5 Å². The van der Waals surface area contributed by atoms with Crippen LogP contribution in [0.1, 0.15) is 47.0 Å². The minimum Gasteiger partial charge on any atom is -0.394 e. The Morgan fingerprint density at radius 2 is 1.89 bits per heavy atom. The summed E-state index contributed by atoms with van der Waals surface area (Å²) in [6.45, 7) is 9.88. The summed E-state index contributed by atoms with van der Waals surface area (Å²) in [7, 11) is 0. The maximum absolute atomic E-state index is 13.7. The zero-order chi connectivity index (χ0) is 25.3. The molecule has 0 aliphatic carbocycles. The molecule has 3 saturated heterocycles. The highest BCUT2D eigenvalue weighted by Gasteiger charge is 2.74. The van der Waals surface area contributed by atoms with Gasteiger partial charge in [-0.15, -0.1) is 0 Å². The number of carbonyl (C=O) groups excluding carboxylic acids is 3. The van der Waals surface area contributed by atoms with E-state index in [1.165, 1.54) is 4.90 Å². The summed E-state index contributed by atoms with van der Waals surface area (Å²) < 4.78 is 6.37. The van der Waals surface area contributed by atoms with Crippen molar-refractivity contribution in [1.82, 2.24) is 10.2 Å². The molecular weight excluding hydrogens is 448 g/mol. The molecule has 0 radical (unpaired) electrons. The van der Waals surface area contributed by atoms with E-state index in [2.05, 4.69) is 29.4 Å². The Morgan fingerprint density at radius 3 is 2.49 bits per heavy atom. The van der Waals surface area contributed by atoms with Crippen molar-refractivity contribution >= 4 is 29.1 Å². The van der Waals surface area contributed by atoms with Crippen molar-refractivity contribution < 1.29 is 24.2 Å². The molecule has 6 atom stereocenters. The van der Waals surface area contributed by atoms with Gasteiger partial charge in [-0.25, -0.2) is 0 Å². The number of hydrogen-bond acceptors (Lipinski definition) is 6. The average molecular weight is 487 g/mol. The molecule has 35 heavy (non-hydrogen) atoms. The summed E-state index contributed by atoms with van der Waals surface area (Å²) in [5.41, 5.74) is 0.626. The molecule has 0 aromatic heterocycles. The number of anilines is 2. The van der Waals surface area contributed by atoms with E-state index >= 15 is 0 Å². The van der Waals surface area contributed by atoms with E-state index in [1.54, 1.807) is 6.92 Å². The Balaban J connectivity index is 1.62. The second kappa shape index (κ2) is 10.1. The predicted octanol–water partition coefficient (Wildman–Crippen LogP) is 1.75. The minimum atomic E-state index is -1.06. The Labute approximate surface area is 207 Å². The molecule has 3 amide bonds. The topological polar surface area (TPSA) is 111 Å². The number of nitrogens with zero attached hydrogens (tertiary/aromatic N) is 2. The van der Waals surface area contributed by atoms with Crippen molar-refractivity contribution in [1.29, 1.82) is 0 Å². The molecule has 2 bridgehead atoms. The molecule has 3 heterocycles. The van der Waals surface area contributed by atoms with Crippen LogP contribution in [-0.2, 0) is 19.1 Å². The van der Waals surface area contributed by atoms with E-state index < -0.39 is 29.5 Å². The van der Waals surface area contributed by atoms with Gasteiger partial charge in [0.05, 0.1) is 30.6 Å². The fraction of sp³-hybridized carbons (Fsp3) is 0.654. The van der Waals surface area contributed by atoms with Gasteiger partial charge in [0.2, 0.25) is 17.7 Å². The quantitative estimate of drug-likeness (QED) is 0.465. The number of aliphatic hydroxyl groups excluding tert-OH is 1. The van der Waals surface area contributed by atoms with E-state index in [0.29, 0.717) is 25.1 Å². The van der Waals surface area contributed by atoms with Crippen molar-refractivity contribution in [2.45, 2.75) is 70.7 Å². The molecule has 2 unspecified atom stereocenters. The molecule has 3 N–H and O–H groups in total. The highest BCUT2D eigenvalue weighted by atomic mass is 16.5. The van der Waals surface area contributed by atoms with Crippen molar-refractivity contribution in [2.24, 2.45) is 11.8 Å². The van der Waals surface area contributed by atoms with Gasteiger partial charge in [-0.1, -0.05) is 6.92 Å². The molecular formula is C26H38N4O5. The van der Waals surface area contributed by atoms with Crippen LogP contribution in [0.2, 0.25) is 0 Å². The van der Waals surface area contributed by atoms with Crippen molar-refractivity contribution in [3.63, 3.8) is 0 Å². The maximum atomic E-state index is 13.7. The normalized spacial score (nSPS) is 29.7. The van der Waals surface area contributed by atoms with Crippen LogP contribution < -0.4 is 15.5 Å². The highest BCUT2D eigenvalue weighted by Crippen LogP contribution is 2.58. The lowest BCUT2D eigenvalue weighted by Crippen LogP contribution is -2.55. The number of amides is 3. The number of benzene rings is 1. The van der Waals surface area contributed by atoms with Crippen molar-refractivity contribution in [3.8, 4) is 0 Å². The summed E-state index contributed by atoms with van der Waals surface area (Å²) in [5, 5.41) is 15.8. The first-order valence-electron chi connectivity index (χ1n) is 12.9. The Bertz CT molecular complexity index is 950. The first kappa shape index (κ1) is 25.4. The number of aliphatic hydroxyl groups is 1. The SMILES string of the molecule is CCCNC(=O)[C@@H]1[C@@H]2CCC3(O2)C(C(=O)Nc2ccc(N(CC)CC)cc2)N([C@H](C)CO)C(=O)[C@H]13. The predicted molar refractivity (Wildman–Crippen MR) is 133 cm³/mol. The Hall–Kier alpha value is -2.65. The van der Waals surface area contributed by atoms with Gasteiger partial charge in [0.15, 0.2) is 0 Å². The molecule has 0 saturated carbocycles. The maximum Gasteiger partial charge on any atom is 0.250 e. The highest BCUT2D eigenvalue weighted by molar-refractivity contribution is 6.03. The molecule has 9 heteroatoms. The summed E-state index contributed by atoms with van der Waals surface area (Å²) >= 11 is 0. The third kappa shape index (κ3) is 4.18. The second-order valence-corrected chi connectivity index (χ2v) is 9.83. The van der Waals surface area contributed by atoms with Gasteiger partial charge in [-0.05, 0) is 64.3 Å². The summed E-state index contributed by atoms with van der Waals surface area (Å²) in [5.74, 6) is -2.19. The molecule has 1 spiro atoms. The number of fused-ring (bicyclic) bond motifs is 1. The Morgan fingerprint density at radius 1 is 1.20 bits per heavy atom. The summed E-state index contributed by atoms with van der Waals surface area (Å²) in [6.07, 6.45) is 1.56. The minimum absolute atomic E-state index is 0.193. The van der Waals surface area contributed by atoms with E-state index in [1.807, 2.05) is 31.2 Å². The van der Waals surface area contributed by atoms with Crippen LogP contribution in [0.5, 0.6) is 0 Å². The lowest BCUT2D eigenvalue weighted by Gasteiger charge is -2.35. The van der Waals surface area contributed by atoms with Gasteiger partial charge in [0, 0.05) is 31.0 Å². The number of carbonyl (C=O) groups is 3. The Kier molecular flexibility index (Phi) is 7.38. The number of rotatable bonds is 10. The molecule has 3 fully saturated rings. The van der Waals surface area contributed by atoms with Crippen LogP contribution in [-0.4, -0.2) is 77.8 Å². The van der Waals surface area contributed by atoms with Crippen LogP contribution >= 0.6 is 0 Å². The monoisotopic (exact) mass is 486 g/mol. The number of likely N-dealkylation sites (tertiary alicyclic amines) is 1. The second-order valence-electron chi connectivity index (χ2n) is 9.83. The van der Waals surface area contributed by atoms with Gasteiger partial charge in [0.25, 0.3) is 0 Å². The fourth-order valence-electron chi connectivity index (χ4n) is 6.17. The molecule has 192 valence electrons. The average Bonchev–Trinajstić information content (AvgIpc) is 3.51. The molecule has 1 aromatic carbocycles. The van der Waals surface area contributed by atoms with Crippen LogP contribution in [0.25, 0.3) is 0 Å². The standard InChI is InChI=1S/C26H38N4O5/c1-5-14-27-23(32)20-19-12-13-26(35-19)21(20)25(34)30(16(4)15-31)22(26)24(33)28-17-8-10-18(11-9-17)29(6-2)7-3/h8-11,16,19-22,31H,5-7,12-15H2,1-4H3,(H,27,32)(H,28,33)/t16-,19+,20-,21+,22?,26?/m1/s1. The first-order valence-corrected chi connectivity index (χ1v) is 12.9. The first-order chi connectivity index (χ1) is 16.8. The summed E-state index contributed by atoms with van der Waals surface area (Å²) in [4.78, 5) is 44.1. The van der Waals surface area contributed by atoms with E-state index in [-0.39, 0.29) is 30.4 Å². The number of ether oxygens (including phenoxy) is 1. The van der Waals surface area contributed by atoms with Gasteiger partial charge in [-0.2, -0.15) is 0 Å². The molecule has 9 nitrogen and oxygen atoms in total. The third-order valence-electron chi connectivity index (χ3n) is 7.84. The smallest absolute Gasteiger partial charge is 0.250 e. The van der Waals surface area contributed by atoms with Gasteiger partial charge in [-0.3, -0.25) is 14.4 Å². The van der Waals surface area contributed by atoms with Crippen molar-refractivity contribution in [3.05, 3.63) is 24.3 Å². The molecule has 4 rings (SSSR count). The van der Waals surface area contributed by atoms with Gasteiger partial charge < -0.3 is 30.3 Å². The third-order valence-corrected chi connectivity index (χ3v) is 7.84. The zero-order valence-corrected chi connectivity index (χ0v) is 21.1. The van der Waals surface area contributed by atoms with Gasteiger partial charge >= 0.3 is 0 Å². The van der Waals surface area contributed by atoms with Gasteiger partial charge in [0.1, 0.15) is 11.6 Å². The lowest BCUT2D eigenvalue weighted by atomic mass is 9.70. The van der Waals surface area contributed by atoms with E-state index in [9.17, 15) is 19.5 Å². The van der Waals surface area contributed by atoms with Crippen LogP contribution in [0.3, 0.4) is 0 Å². The lowest BCUT2D eigenvalue weighted by molar-refractivity contribution is -0.143. The zero-order valence-electron chi connectivity index (χ0n) is 21.1. The molecule has 1 aromatic rings.